The third-order valence-corrected chi connectivity index (χ3v) is 7.53. The molecule has 0 unspecified atom stereocenters. The van der Waals surface area contributed by atoms with Crippen molar-refractivity contribution in [2.24, 2.45) is 40.3 Å². The van der Waals surface area contributed by atoms with Crippen molar-refractivity contribution in [2.45, 2.75) is 102 Å². The fourth-order valence-electron chi connectivity index (χ4n) is 4.71. The first kappa shape index (κ1) is 42.6. The van der Waals surface area contributed by atoms with E-state index < -0.39 is 54.1 Å². The maximum Gasteiger partial charge on any atom is 0.242 e. The summed E-state index contributed by atoms with van der Waals surface area (Å²) >= 11 is 0. The standard InChI is InChI=1S/C31H59N13O4/c1-19(2)25(44-43-22(8-6-16-39-30(35)36)26(46)24(45)10-4-3-5-15-32)29(48)42-23(9-7-17-40-31(37)38)28(47)41-18-20-11-13-21(14-12-20)27(33)34/h11-14,19,22-23,25,30-31,39-40,43-44H,3-10,15-18,32,35-38H2,1-2H3,(H3,33,34)(H,41,47)(H,42,48)/t22-,23-,25-/m0/s1. The molecule has 0 saturated carbocycles. The molecule has 0 aliphatic rings. The van der Waals surface area contributed by atoms with Crippen LogP contribution >= 0.6 is 0 Å². The van der Waals surface area contributed by atoms with Gasteiger partial charge in [0.25, 0.3) is 0 Å². The van der Waals surface area contributed by atoms with Gasteiger partial charge in [-0.3, -0.25) is 35.2 Å². The molecule has 48 heavy (non-hydrogen) atoms. The summed E-state index contributed by atoms with van der Waals surface area (Å²) in [6.07, 6.45) is 2.28. The summed E-state index contributed by atoms with van der Waals surface area (Å²) in [6, 6.07) is 4.22. The van der Waals surface area contributed by atoms with Gasteiger partial charge in [0.2, 0.25) is 17.6 Å². The Balaban J connectivity index is 3.00. The molecule has 0 radical (unpaired) electrons. The minimum atomic E-state index is -0.906. The lowest BCUT2D eigenvalue weighted by Crippen LogP contribution is -2.60. The molecule has 0 fully saturated rings. The first-order valence-corrected chi connectivity index (χ1v) is 16.5. The molecular weight excluding hydrogens is 618 g/mol. The Bertz CT molecular complexity index is 1130. The molecule has 1 aromatic rings. The van der Waals surface area contributed by atoms with Gasteiger partial charge in [0, 0.05) is 18.5 Å². The molecule has 2 amide bonds. The van der Waals surface area contributed by atoms with Gasteiger partial charge < -0.3 is 45.0 Å². The Kier molecular flexibility index (Phi) is 21.2. The molecule has 0 aliphatic carbocycles. The van der Waals surface area contributed by atoms with Gasteiger partial charge in [0.15, 0.2) is 5.78 Å². The van der Waals surface area contributed by atoms with E-state index in [1.54, 1.807) is 24.3 Å². The highest BCUT2D eigenvalue weighted by atomic mass is 16.2. The quantitative estimate of drug-likeness (QED) is 0.0113. The molecule has 0 spiro atoms. The summed E-state index contributed by atoms with van der Waals surface area (Å²) in [5, 5.41) is 19.0. The van der Waals surface area contributed by atoms with Crippen LogP contribution in [0.3, 0.4) is 0 Å². The molecule has 0 bridgehead atoms. The van der Waals surface area contributed by atoms with Crippen molar-refractivity contribution in [3.63, 3.8) is 0 Å². The van der Waals surface area contributed by atoms with Crippen molar-refractivity contribution < 1.29 is 19.2 Å². The monoisotopic (exact) mass is 677 g/mol. The number of nitrogen functional groups attached to an aromatic ring is 1. The van der Waals surface area contributed by atoms with Crippen LogP contribution in [0.1, 0.15) is 76.3 Å². The van der Waals surface area contributed by atoms with E-state index in [0.717, 1.165) is 18.4 Å². The van der Waals surface area contributed by atoms with Crippen LogP contribution in [0.25, 0.3) is 0 Å². The third-order valence-electron chi connectivity index (χ3n) is 7.53. The highest BCUT2D eigenvalue weighted by Gasteiger charge is 2.30. The largest absolute Gasteiger partial charge is 0.384 e. The average Bonchev–Trinajstić information content (AvgIpc) is 3.03. The van der Waals surface area contributed by atoms with Crippen LogP contribution in [0.2, 0.25) is 0 Å². The lowest BCUT2D eigenvalue weighted by Gasteiger charge is -2.27. The highest BCUT2D eigenvalue weighted by Crippen LogP contribution is 2.09. The van der Waals surface area contributed by atoms with Gasteiger partial charge in [-0.25, -0.2) is 10.9 Å². The zero-order chi connectivity index (χ0) is 36.1. The maximum absolute atomic E-state index is 13.6. The number of hydrogen-bond acceptors (Lipinski definition) is 14. The average molecular weight is 678 g/mol. The molecule has 17 heteroatoms. The fourth-order valence-corrected chi connectivity index (χ4v) is 4.71. The van der Waals surface area contributed by atoms with Crippen molar-refractivity contribution in [1.29, 1.82) is 5.41 Å². The summed E-state index contributed by atoms with van der Waals surface area (Å²) in [7, 11) is 0. The van der Waals surface area contributed by atoms with Gasteiger partial charge in [0.1, 0.15) is 30.5 Å². The van der Waals surface area contributed by atoms with Crippen LogP contribution in [0.15, 0.2) is 24.3 Å². The van der Waals surface area contributed by atoms with E-state index >= 15 is 0 Å². The van der Waals surface area contributed by atoms with Gasteiger partial charge in [-0.1, -0.05) is 44.5 Å². The molecular formula is C31H59N13O4. The lowest BCUT2D eigenvalue weighted by molar-refractivity contribution is -0.138. The molecule has 1 aromatic carbocycles. The number of nitrogens with one attached hydrogen (secondary N) is 7. The molecule has 19 N–H and O–H groups in total. The number of unbranched alkanes of at least 4 members (excludes halogenated alkanes) is 2. The van der Waals surface area contributed by atoms with Crippen LogP contribution < -0.4 is 66.5 Å². The van der Waals surface area contributed by atoms with Gasteiger partial charge in [0.05, 0.1) is 6.04 Å². The minimum absolute atomic E-state index is 0.0593. The number of Topliss-reactive ketones (excluding diaryl/α,β-unsaturated/α-hetero) is 2. The minimum Gasteiger partial charge on any atom is -0.384 e. The first-order valence-electron chi connectivity index (χ1n) is 16.5. The number of benzene rings is 1. The Morgan fingerprint density at radius 3 is 1.88 bits per heavy atom. The van der Waals surface area contributed by atoms with Crippen LogP contribution in [-0.2, 0) is 25.7 Å². The van der Waals surface area contributed by atoms with Crippen LogP contribution in [0, 0.1) is 11.3 Å². The number of carbonyl (C=O) groups excluding carboxylic acids is 4. The number of amides is 2. The highest BCUT2D eigenvalue weighted by molar-refractivity contribution is 6.39. The van der Waals surface area contributed by atoms with Gasteiger partial charge in [-0.15, -0.1) is 0 Å². The number of amidine groups is 1. The van der Waals surface area contributed by atoms with Crippen LogP contribution in [-0.4, -0.2) is 79.6 Å². The summed E-state index contributed by atoms with van der Waals surface area (Å²) in [4.78, 5) is 52.8. The van der Waals surface area contributed by atoms with Gasteiger partial charge >= 0.3 is 0 Å². The van der Waals surface area contributed by atoms with E-state index in [4.69, 9.17) is 39.8 Å². The zero-order valence-electron chi connectivity index (χ0n) is 28.4. The Morgan fingerprint density at radius 2 is 1.35 bits per heavy atom. The van der Waals surface area contributed by atoms with E-state index in [9.17, 15) is 19.2 Å². The normalized spacial score (nSPS) is 13.4. The second-order valence-corrected chi connectivity index (χ2v) is 12.1. The van der Waals surface area contributed by atoms with Crippen molar-refractivity contribution in [3.05, 3.63) is 35.4 Å². The predicted octanol–water partition coefficient (Wildman–Crippen LogP) is -2.64. The fraction of sp³-hybridized carbons (Fsp3) is 0.645. The molecule has 0 saturated heterocycles. The van der Waals surface area contributed by atoms with Gasteiger partial charge in [-0.05, 0) is 69.6 Å². The molecule has 0 heterocycles. The van der Waals surface area contributed by atoms with Crippen LogP contribution in [0.5, 0.6) is 0 Å². The number of ketones is 2. The van der Waals surface area contributed by atoms with E-state index in [2.05, 4.69) is 32.1 Å². The third kappa shape index (κ3) is 17.7. The lowest BCUT2D eigenvalue weighted by atomic mass is 9.99. The molecule has 3 atom stereocenters. The second-order valence-electron chi connectivity index (χ2n) is 12.1. The molecule has 1 rings (SSSR count). The Hall–Kier alpha value is -3.39. The number of hydrazine groups is 1. The predicted molar refractivity (Wildman–Crippen MR) is 186 cm³/mol. The van der Waals surface area contributed by atoms with E-state index in [-0.39, 0.29) is 37.6 Å². The Labute approximate surface area is 283 Å². The first-order chi connectivity index (χ1) is 22.8. The Morgan fingerprint density at radius 1 is 0.771 bits per heavy atom. The molecule has 0 aliphatic heterocycles. The SMILES string of the molecule is CC(C)[C@H](NN[C@@H](CCCNC(N)N)C(=O)C(=O)CCCCCN)C(=O)N[C@@H](CCCNC(N)N)C(=O)NCc1ccc(C(=N)N)cc1. The number of rotatable bonds is 27. The molecule has 17 nitrogen and oxygen atoms in total. The van der Waals surface area contributed by atoms with E-state index in [1.807, 2.05) is 13.8 Å². The zero-order valence-corrected chi connectivity index (χ0v) is 28.4. The number of hydrogen-bond donors (Lipinski definition) is 13. The van der Waals surface area contributed by atoms with Crippen molar-refractivity contribution >= 4 is 29.2 Å². The number of carbonyl (C=O) groups is 4. The summed E-state index contributed by atoms with van der Waals surface area (Å²) in [5.74, 6) is -2.28. The second kappa shape index (κ2) is 23.9. The smallest absolute Gasteiger partial charge is 0.242 e. The van der Waals surface area contributed by atoms with E-state index in [1.165, 1.54) is 0 Å². The van der Waals surface area contributed by atoms with Crippen molar-refractivity contribution in [1.82, 2.24) is 32.1 Å². The summed E-state index contributed by atoms with van der Waals surface area (Å²) in [5.41, 5.74) is 40.5. The van der Waals surface area contributed by atoms with Crippen LogP contribution in [0.4, 0.5) is 0 Å². The van der Waals surface area contributed by atoms with E-state index in [0.29, 0.717) is 44.5 Å². The molecule has 0 aromatic heterocycles. The van der Waals surface area contributed by atoms with Crippen molar-refractivity contribution in [2.75, 3.05) is 19.6 Å². The number of nitrogens with two attached hydrogens (primary N) is 6. The molecule has 272 valence electrons. The topological polar surface area (TPSA) is 320 Å². The van der Waals surface area contributed by atoms with Gasteiger partial charge in [-0.2, -0.15) is 0 Å². The maximum atomic E-state index is 13.6. The summed E-state index contributed by atoms with van der Waals surface area (Å²) in [6.45, 7) is 5.18. The summed E-state index contributed by atoms with van der Waals surface area (Å²) < 4.78 is 0. The van der Waals surface area contributed by atoms with Crippen molar-refractivity contribution in [3.8, 4) is 0 Å².